The third kappa shape index (κ3) is 2.41. The summed E-state index contributed by atoms with van der Waals surface area (Å²) < 4.78 is 1.37. The van der Waals surface area contributed by atoms with Crippen molar-refractivity contribution in [2.75, 3.05) is 0 Å². The Morgan fingerprint density at radius 3 is 2.56 bits per heavy atom. The second-order valence-electron chi connectivity index (χ2n) is 5.93. The Labute approximate surface area is 148 Å². The molecule has 4 aromatic rings. The van der Waals surface area contributed by atoms with Gasteiger partial charge in [0.05, 0.1) is 16.4 Å². The van der Waals surface area contributed by atoms with Crippen molar-refractivity contribution in [3.8, 4) is 0 Å². The van der Waals surface area contributed by atoms with Gasteiger partial charge in [0.1, 0.15) is 0 Å². The largest absolute Gasteiger partial charge is 0.256 e. The zero-order valence-corrected chi connectivity index (χ0v) is 14.2. The lowest BCUT2D eigenvalue weighted by molar-refractivity contribution is 1.33. The van der Waals surface area contributed by atoms with Crippen LogP contribution in [0.15, 0.2) is 88.3 Å². The van der Waals surface area contributed by atoms with Crippen LogP contribution in [-0.4, -0.2) is 0 Å². The lowest BCUT2D eigenvalue weighted by Crippen LogP contribution is -2.01. The van der Waals surface area contributed by atoms with Gasteiger partial charge in [-0.2, -0.15) is 0 Å². The van der Waals surface area contributed by atoms with Gasteiger partial charge in [0, 0.05) is 26.9 Å². The first-order valence-electron chi connectivity index (χ1n) is 8.18. The predicted octanol–water partition coefficient (Wildman–Crippen LogP) is 4.74. The molecule has 0 bridgehead atoms. The second kappa shape index (κ2) is 5.80. The fourth-order valence-corrected chi connectivity index (χ4v) is 4.02. The SMILES string of the molecule is C1=Cc2c3c(ccc2=N1)=c1ccccc1=N3.c1ccc2sccc2c1. The van der Waals surface area contributed by atoms with E-state index >= 15 is 0 Å². The lowest BCUT2D eigenvalue weighted by atomic mass is 10.1. The van der Waals surface area contributed by atoms with Crippen molar-refractivity contribution in [1.29, 1.82) is 0 Å². The van der Waals surface area contributed by atoms with Gasteiger partial charge in [-0.15, -0.1) is 11.3 Å². The highest BCUT2D eigenvalue weighted by Crippen LogP contribution is 2.23. The van der Waals surface area contributed by atoms with Crippen LogP contribution in [0.25, 0.3) is 16.2 Å². The molecule has 6 rings (SSSR count). The third-order valence-electron chi connectivity index (χ3n) is 4.44. The molecule has 0 spiro atoms. The Kier molecular flexibility index (Phi) is 3.32. The number of para-hydroxylation sites is 1. The zero-order valence-electron chi connectivity index (χ0n) is 13.4. The van der Waals surface area contributed by atoms with E-state index in [2.05, 4.69) is 76.0 Å². The normalized spacial score (nSPS) is 12.5. The maximum atomic E-state index is 4.68. The molecule has 1 aromatic heterocycles. The summed E-state index contributed by atoms with van der Waals surface area (Å²) in [7, 11) is 0. The average molecular weight is 338 g/mol. The first-order valence-corrected chi connectivity index (χ1v) is 9.06. The molecule has 3 heterocycles. The maximum Gasteiger partial charge on any atom is 0.0810 e. The van der Waals surface area contributed by atoms with Crippen LogP contribution in [0.5, 0.6) is 0 Å². The topological polar surface area (TPSA) is 24.7 Å². The van der Waals surface area contributed by atoms with Gasteiger partial charge in [-0.3, -0.25) is 4.99 Å². The van der Waals surface area contributed by atoms with Crippen molar-refractivity contribution < 1.29 is 0 Å². The van der Waals surface area contributed by atoms with Crippen molar-refractivity contribution in [3.05, 3.63) is 105 Å². The van der Waals surface area contributed by atoms with Crippen molar-refractivity contribution >= 4 is 33.2 Å². The summed E-state index contributed by atoms with van der Waals surface area (Å²) in [5.41, 5.74) is 2.21. The molecule has 0 amide bonds. The minimum absolute atomic E-state index is 1.02. The standard InChI is InChI=1S/C14H8N2.C8H6S/c1-2-4-13-9(3-1)10-5-6-12-11(7-8-15-12)14(10)16-13;1-2-4-8-7(3-1)5-6-9-8/h1-8H;1-6H. The van der Waals surface area contributed by atoms with Crippen LogP contribution in [0.1, 0.15) is 5.56 Å². The van der Waals surface area contributed by atoms with Gasteiger partial charge >= 0.3 is 0 Å². The molecule has 25 heavy (non-hydrogen) atoms. The molecule has 118 valence electrons. The molecular formula is C22H14N2S. The molecule has 0 saturated carbocycles. The van der Waals surface area contributed by atoms with E-state index in [1.807, 2.05) is 18.3 Å². The highest BCUT2D eigenvalue weighted by Gasteiger charge is 2.10. The Bertz CT molecular complexity index is 1320. The summed E-state index contributed by atoms with van der Waals surface area (Å²) in [5, 5.41) is 7.99. The second-order valence-corrected chi connectivity index (χ2v) is 6.87. The van der Waals surface area contributed by atoms with E-state index in [1.165, 1.54) is 20.5 Å². The molecule has 0 unspecified atom stereocenters. The average Bonchev–Trinajstić information content (AvgIpc) is 3.38. The van der Waals surface area contributed by atoms with Crippen molar-refractivity contribution in [2.24, 2.45) is 9.98 Å². The first-order chi connectivity index (χ1) is 12.4. The fraction of sp³-hybridized carbons (Fsp3) is 0. The van der Waals surface area contributed by atoms with Gasteiger partial charge in [-0.05, 0) is 47.2 Å². The molecule has 3 aromatic carbocycles. The van der Waals surface area contributed by atoms with Crippen LogP contribution in [0, 0.1) is 10.4 Å². The zero-order chi connectivity index (χ0) is 16.6. The van der Waals surface area contributed by atoms with E-state index in [0.29, 0.717) is 0 Å². The van der Waals surface area contributed by atoms with E-state index < -0.39 is 0 Å². The van der Waals surface area contributed by atoms with Gasteiger partial charge in [-0.1, -0.05) is 36.4 Å². The molecule has 0 fully saturated rings. The number of thiophene rings is 1. The molecule has 0 radical (unpaired) electrons. The number of hydrogen-bond acceptors (Lipinski definition) is 3. The third-order valence-corrected chi connectivity index (χ3v) is 5.33. The minimum atomic E-state index is 1.02. The number of benzene rings is 3. The van der Waals surface area contributed by atoms with E-state index in [-0.39, 0.29) is 0 Å². The monoisotopic (exact) mass is 338 g/mol. The number of nitrogens with zero attached hydrogens (tertiary/aromatic N) is 2. The molecule has 2 aliphatic rings. The minimum Gasteiger partial charge on any atom is -0.256 e. The predicted molar refractivity (Wildman–Crippen MR) is 103 cm³/mol. The Hall–Kier alpha value is -3.04. The smallest absolute Gasteiger partial charge is 0.0810 e. The quantitative estimate of drug-likeness (QED) is 0.389. The Morgan fingerprint density at radius 2 is 1.60 bits per heavy atom. The Balaban J connectivity index is 0.000000132. The number of hydrogen-bond donors (Lipinski definition) is 0. The van der Waals surface area contributed by atoms with Crippen molar-refractivity contribution in [2.45, 2.75) is 0 Å². The van der Waals surface area contributed by atoms with Crippen LogP contribution in [0.2, 0.25) is 0 Å². The summed E-state index contributed by atoms with van der Waals surface area (Å²) >= 11 is 1.79. The summed E-state index contributed by atoms with van der Waals surface area (Å²) in [5.74, 6) is 0. The van der Waals surface area contributed by atoms with Crippen LogP contribution >= 0.6 is 11.3 Å². The molecule has 3 heteroatoms. The molecule has 2 aliphatic heterocycles. The molecule has 0 N–H and O–H groups in total. The molecule has 0 atom stereocenters. The van der Waals surface area contributed by atoms with Crippen LogP contribution in [-0.2, 0) is 0 Å². The van der Waals surface area contributed by atoms with E-state index in [1.54, 1.807) is 11.3 Å². The van der Waals surface area contributed by atoms with Gasteiger partial charge in [0.25, 0.3) is 0 Å². The number of rotatable bonds is 0. The van der Waals surface area contributed by atoms with E-state index in [4.69, 9.17) is 0 Å². The summed E-state index contributed by atoms with van der Waals surface area (Å²) in [6.45, 7) is 0. The summed E-state index contributed by atoms with van der Waals surface area (Å²) in [6, 6.07) is 23.0. The Morgan fingerprint density at radius 1 is 0.720 bits per heavy atom. The van der Waals surface area contributed by atoms with Crippen LogP contribution in [0.4, 0.5) is 5.69 Å². The van der Waals surface area contributed by atoms with Gasteiger partial charge in [-0.25, -0.2) is 4.99 Å². The fourth-order valence-electron chi connectivity index (χ4n) is 3.23. The highest BCUT2D eigenvalue weighted by molar-refractivity contribution is 7.17. The highest BCUT2D eigenvalue weighted by atomic mass is 32.1. The molecular weight excluding hydrogens is 324 g/mol. The van der Waals surface area contributed by atoms with Crippen LogP contribution < -0.4 is 10.7 Å². The van der Waals surface area contributed by atoms with Crippen LogP contribution in [0.3, 0.4) is 0 Å². The molecule has 0 saturated heterocycles. The first kappa shape index (κ1) is 14.3. The van der Waals surface area contributed by atoms with Gasteiger partial charge in [0.15, 0.2) is 0 Å². The van der Waals surface area contributed by atoms with Gasteiger partial charge < -0.3 is 0 Å². The lowest BCUT2D eigenvalue weighted by Gasteiger charge is -1.95. The maximum absolute atomic E-state index is 4.68. The van der Waals surface area contributed by atoms with Gasteiger partial charge in [0.2, 0.25) is 0 Å². The summed E-state index contributed by atoms with van der Waals surface area (Å²) in [4.78, 5) is 8.97. The summed E-state index contributed by atoms with van der Waals surface area (Å²) in [6.07, 6.45) is 3.87. The molecule has 2 nitrogen and oxygen atoms in total. The van der Waals surface area contributed by atoms with E-state index in [9.17, 15) is 0 Å². The number of fused-ring (bicyclic) bond motifs is 5. The van der Waals surface area contributed by atoms with Crippen molar-refractivity contribution in [3.63, 3.8) is 0 Å². The molecule has 0 aliphatic carbocycles. The van der Waals surface area contributed by atoms with Crippen molar-refractivity contribution in [1.82, 2.24) is 0 Å². The van der Waals surface area contributed by atoms with E-state index in [0.717, 1.165) is 22.0 Å².